The molecule has 0 saturated carbocycles. The van der Waals surface area contributed by atoms with Gasteiger partial charge in [0.05, 0.1) is 10.2 Å². The number of nitrogens with one attached hydrogen (secondary N) is 1. The van der Waals surface area contributed by atoms with Crippen LogP contribution in [0, 0.1) is 0 Å². The van der Waals surface area contributed by atoms with E-state index in [0.717, 1.165) is 10.2 Å². The lowest BCUT2D eigenvalue weighted by molar-refractivity contribution is 0.0518. The fraction of sp³-hybridized carbons (Fsp3) is 0.467. The van der Waals surface area contributed by atoms with Crippen molar-refractivity contribution in [3.05, 3.63) is 29.3 Å². The first-order valence-electron chi connectivity index (χ1n) is 6.85. The molecule has 1 atom stereocenters. The first-order chi connectivity index (χ1) is 9.85. The van der Waals surface area contributed by atoms with Crippen LogP contribution in [0.4, 0.5) is 4.79 Å². The van der Waals surface area contributed by atoms with Gasteiger partial charge in [-0.15, -0.1) is 11.3 Å². The van der Waals surface area contributed by atoms with Gasteiger partial charge >= 0.3 is 6.09 Å². The highest BCUT2D eigenvalue weighted by molar-refractivity contribution is 7.18. The maximum absolute atomic E-state index is 11.5. The number of benzene rings is 1. The summed E-state index contributed by atoms with van der Waals surface area (Å²) in [7, 11) is 0. The monoisotopic (exact) mass is 308 g/mol. The van der Waals surface area contributed by atoms with Crippen molar-refractivity contribution in [2.24, 2.45) is 0 Å². The number of ether oxygens (including phenoxy) is 1. The second-order valence-electron chi connectivity index (χ2n) is 5.75. The van der Waals surface area contributed by atoms with Gasteiger partial charge in [0, 0.05) is 6.54 Å². The number of aromatic nitrogens is 1. The molecule has 114 valence electrons. The van der Waals surface area contributed by atoms with Crippen molar-refractivity contribution in [1.82, 2.24) is 10.3 Å². The summed E-state index contributed by atoms with van der Waals surface area (Å²) < 4.78 is 6.18. The summed E-state index contributed by atoms with van der Waals surface area (Å²) in [5, 5.41) is 13.4. The zero-order valence-corrected chi connectivity index (χ0v) is 13.2. The molecule has 1 aromatic carbocycles. The number of amides is 1. The Morgan fingerprint density at radius 1 is 1.43 bits per heavy atom. The number of fused-ring (bicyclic) bond motifs is 1. The van der Waals surface area contributed by atoms with E-state index in [9.17, 15) is 9.90 Å². The predicted molar refractivity (Wildman–Crippen MR) is 83.4 cm³/mol. The number of thiazole rings is 1. The summed E-state index contributed by atoms with van der Waals surface area (Å²) in [6.45, 7) is 5.76. The Hall–Kier alpha value is -1.66. The molecule has 0 aliphatic rings. The van der Waals surface area contributed by atoms with E-state index in [2.05, 4.69) is 10.3 Å². The Balaban J connectivity index is 1.84. The van der Waals surface area contributed by atoms with Gasteiger partial charge in [0.2, 0.25) is 0 Å². The number of carbonyl (C=O) groups excluding carboxylic acids is 1. The summed E-state index contributed by atoms with van der Waals surface area (Å²) in [5.41, 5.74) is 0.368. The highest BCUT2D eigenvalue weighted by Crippen LogP contribution is 2.27. The maximum atomic E-state index is 11.5. The molecule has 2 N–H and O–H groups in total. The molecule has 0 spiro atoms. The van der Waals surface area contributed by atoms with Crippen molar-refractivity contribution in [1.29, 1.82) is 0 Å². The number of carbonyl (C=O) groups is 1. The second kappa shape index (κ2) is 6.41. The lowest BCUT2D eigenvalue weighted by Gasteiger charge is -2.19. The van der Waals surface area contributed by atoms with E-state index in [1.54, 1.807) is 0 Å². The van der Waals surface area contributed by atoms with Gasteiger partial charge in [-0.3, -0.25) is 0 Å². The van der Waals surface area contributed by atoms with E-state index in [-0.39, 0.29) is 0 Å². The summed E-state index contributed by atoms with van der Waals surface area (Å²) in [4.78, 5) is 15.9. The molecule has 0 bridgehead atoms. The van der Waals surface area contributed by atoms with E-state index in [1.165, 1.54) is 11.3 Å². The number of hydrogen-bond donors (Lipinski definition) is 2. The minimum absolute atomic E-state index is 0.339. The lowest BCUT2D eigenvalue weighted by Crippen LogP contribution is -2.33. The number of para-hydroxylation sites is 1. The number of nitrogens with zero attached hydrogens (tertiary/aromatic N) is 1. The zero-order valence-electron chi connectivity index (χ0n) is 12.4. The first-order valence-corrected chi connectivity index (χ1v) is 7.67. The van der Waals surface area contributed by atoms with E-state index in [0.29, 0.717) is 18.0 Å². The second-order valence-corrected chi connectivity index (χ2v) is 6.82. The molecule has 0 aliphatic heterocycles. The van der Waals surface area contributed by atoms with E-state index >= 15 is 0 Å². The quantitative estimate of drug-likeness (QED) is 0.909. The Morgan fingerprint density at radius 2 is 2.14 bits per heavy atom. The third kappa shape index (κ3) is 4.68. The molecule has 6 heteroatoms. The normalized spacial score (nSPS) is 13.1. The fourth-order valence-corrected chi connectivity index (χ4v) is 2.77. The van der Waals surface area contributed by atoms with Gasteiger partial charge in [-0.05, 0) is 39.3 Å². The highest BCUT2D eigenvalue weighted by atomic mass is 32.1. The topological polar surface area (TPSA) is 71.5 Å². The fourth-order valence-electron chi connectivity index (χ4n) is 1.78. The van der Waals surface area contributed by atoms with Gasteiger partial charge in [-0.25, -0.2) is 9.78 Å². The van der Waals surface area contributed by atoms with E-state index < -0.39 is 17.8 Å². The molecule has 1 amide bonds. The summed E-state index contributed by atoms with van der Waals surface area (Å²) in [5.74, 6) is 0. The number of aliphatic hydroxyl groups is 1. The molecular weight excluding hydrogens is 288 g/mol. The van der Waals surface area contributed by atoms with Crippen molar-refractivity contribution in [2.45, 2.75) is 38.9 Å². The van der Waals surface area contributed by atoms with Gasteiger partial charge < -0.3 is 15.2 Å². The third-order valence-corrected chi connectivity index (χ3v) is 3.82. The average Bonchev–Trinajstić information content (AvgIpc) is 2.80. The van der Waals surface area contributed by atoms with Crippen LogP contribution in [-0.2, 0) is 4.74 Å². The average molecular weight is 308 g/mol. The molecule has 5 nitrogen and oxygen atoms in total. The minimum atomic E-state index is -0.683. The SMILES string of the molecule is CC(C)(C)OC(=O)NCCC(O)c1nc2ccccc2s1. The zero-order chi connectivity index (χ0) is 15.5. The Morgan fingerprint density at radius 3 is 2.81 bits per heavy atom. The van der Waals surface area contributed by atoms with Crippen LogP contribution >= 0.6 is 11.3 Å². The molecule has 0 aliphatic carbocycles. The van der Waals surface area contributed by atoms with Crippen molar-refractivity contribution in [3.8, 4) is 0 Å². The van der Waals surface area contributed by atoms with Crippen molar-refractivity contribution in [2.75, 3.05) is 6.54 Å². The van der Waals surface area contributed by atoms with Gasteiger partial charge in [0.15, 0.2) is 0 Å². The molecule has 21 heavy (non-hydrogen) atoms. The number of hydrogen-bond acceptors (Lipinski definition) is 5. The van der Waals surface area contributed by atoms with Crippen molar-refractivity contribution in [3.63, 3.8) is 0 Å². The molecule has 0 fully saturated rings. The molecule has 1 unspecified atom stereocenters. The Labute approximate surface area is 128 Å². The number of aliphatic hydroxyl groups excluding tert-OH is 1. The van der Waals surface area contributed by atoms with E-state index in [4.69, 9.17) is 4.74 Å². The third-order valence-electron chi connectivity index (χ3n) is 2.68. The largest absolute Gasteiger partial charge is 0.444 e. The molecule has 2 aromatic rings. The van der Waals surface area contributed by atoms with Crippen LogP contribution in [0.15, 0.2) is 24.3 Å². The summed E-state index contributed by atoms with van der Waals surface area (Å²) >= 11 is 1.47. The van der Waals surface area contributed by atoms with Crippen LogP contribution in [0.2, 0.25) is 0 Å². The lowest BCUT2D eigenvalue weighted by atomic mass is 10.2. The van der Waals surface area contributed by atoms with Crippen LogP contribution in [0.25, 0.3) is 10.2 Å². The summed E-state index contributed by atoms with van der Waals surface area (Å²) in [6, 6.07) is 7.76. The van der Waals surface area contributed by atoms with Crippen LogP contribution in [0.5, 0.6) is 0 Å². The molecule has 1 heterocycles. The van der Waals surface area contributed by atoms with Crippen molar-refractivity contribution < 1.29 is 14.6 Å². The van der Waals surface area contributed by atoms with Crippen LogP contribution in [0.3, 0.4) is 0 Å². The van der Waals surface area contributed by atoms with E-state index in [1.807, 2.05) is 45.0 Å². The van der Waals surface area contributed by atoms with Crippen molar-refractivity contribution >= 4 is 27.6 Å². The molecule has 1 aromatic heterocycles. The van der Waals surface area contributed by atoms with Crippen LogP contribution in [-0.4, -0.2) is 28.3 Å². The van der Waals surface area contributed by atoms with Crippen LogP contribution in [0.1, 0.15) is 38.3 Å². The number of rotatable bonds is 4. The van der Waals surface area contributed by atoms with Gasteiger partial charge in [0.25, 0.3) is 0 Å². The smallest absolute Gasteiger partial charge is 0.407 e. The molecule has 0 radical (unpaired) electrons. The maximum Gasteiger partial charge on any atom is 0.407 e. The Kier molecular flexibility index (Phi) is 4.80. The van der Waals surface area contributed by atoms with Gasteiger partial charge in [0.1, 0.15) is 16.7 Å². The number of alkyl carbamates (subject to hydrolysis) is 1. The Bertz CT molecular complexity index is 586. The predicted octanol–water partition coefficient (Wildman–Crippen LogP) is 3.24. The van der Waals surface area contributed by atoms with Crippen LogP contribution < -0.4 is 5.32 Å². The standard InChI is InChI=1S/C15H20N2O3S/c1-15(2,3)20-14(19)16-9-8-11(18)13-17-10-6-4-5-7-12(10)21-13/h4-7,11,18H,8-9H2,1-3H3,(H,16,19). The molecule has 0 saturated heterocycles. The minimum Gasteiger partial charge on any atom is -0.444 e. The highest BCUT2D eigenvalue weighted by Gasteiger charge is 2.17. The molecular formula is C15H20N2O3S. The summed E-state index contributed by atoms with van der Waals surface area (Å²) in [6.07, 6.45) is -0.754. The first kappa shape index (κ1) is 15.7. The van der Waals surface area contributed by atoms with Gasteiger partial charge in [-0.2, -0.15) is 0 Å². The van der Waals surface area contributed by atoms with Gasteiger partial charge in [-0.1, -0.05) is 12.1 Å². The molecule has 2 rings (SSSR count).